The summed E-state index contributed by atoms with van der Waals surface area (Å²) < 4.78 is 0. The molecular weight excluding hydrogens is 301 g/mol. The highest BCUT2D eigenvalue weighted by Gasteiger charge is 2.42. The minimum Gasteiger partial charge on any atom is -0.313 e. The summed E-state index contributed by atoms with van der Waals surface area (Å²) in [7, 11) is 0. The first kappa shape index (κ1) is 15.6. The van der Waals surface area contributed by atoms with Gasteiger partial charge in [0.05, 0.1) is 10.0 Å². The highest BCUT2D eigenvalue weighted by Crippen LogP contribution is 2.50. The minimum absolute atomic E-state index is 0.595. The molecule has 0 spiro atoms. The average Bonchev–Trinajstić information content (AvgIpc) is 3.10. The Labute approximate surface area is 138 Å². The average molecular weight is 326 g/mol. The van der Waals surface area contributed by atoms with Crippen molar-refractivity contribution in [1.29, 1.82) is 0 Å². The Balaban J connectivity index is 1.71. The predicted octanol–water partition coefficient (Wildman–Crippen LogP) is 5.34. The number of hydrogen-bond donors (Lipinski definition) is 1. The van der Waals surface area contributed by atoms with Crippen LogP contribution in [0.3, 0.4) is 0 Å². The fraction of sp³-hybridized carbons (Fsp3) is 0.667. The van der Waals surface area contributed by atoms with Gasteiger partial charge in [0, 0.05) is 6.04 Å². The first-order valence-corrected chi connectivity index (χ1v) is 9.10. The Morgan fingerprint density at radius 3 is 2.67 bits per heavy atom. The normalized spacial score (nSPS) is 29.0. The minimum atomic E-state index is 0.595. The van der Waals surface area contributed by atoms with Crippen molar-refractivity contribution in [2.45, 2.75) is 51.5 Å². The molecule has 2 aliphatic rings. The standard InChI is InChI=1S/C18H25Cl2N/c1-2-7-21-18(15-9-12-3-5-14(15)8-12)11-13-4-6-16(19)17(20)10-13/h4,6,10,12,14-15,18,21H,2-3,5,7-9,11H2,1H3. The fourth-order valence-corrected chi connectivity index (χ4v) is 4.73. The van der Waals surface area contributed by atoms with Gasteiger partial charge in [-0.1, -0.05) is 42.6 Å². The zero-order valence-corrected chi connectivity index (χ0v) is 14.3. The van der Waals surface area contributed by atoms with Crippen molar-refractivity contribution in [3.8, 4) is 0 Å². The third-order valence-corrected chi connectivity index (χ3v) is 6.14. The SMILES string of the molecule is CCCNC(Cc1ccc(Cl)c(Cl)c1)C1CC2CCC1C2. The molecule has 0 aromatic heterocycles. The van der Waals surface area contributed by atoms with Crippen LogP contribution >= 0.6 is 23.2 Å². The molecule has 21 heavy (non-hydrogen) atoms. The molecular formula is C18H25Cl2N. The van der Waals surface area contributed by atoms with E-state index in [0.717, 1.165) is 30.7 Å². The molecule has 0 radical (unpaired) electrons. The zero-order chi connectivity index (χ0) is 14.8. The predicted molar refractivity (Wildman–Crippen MR) is 91.2 cm³/mol. The van der Waals surface area contributed by atoms with Gasteiger partial charge in [-0.3, -0.25) is 0 Å². The number of fused-ring (bicyclic) bond motifs is 2. The molecule has 4 atom stereocenters. The third kappa shape index (κ3) is 3.57. The Morgan fingerprint density at radius 1 is 1.19 bits per heavy atom. The van der Waals surface area contributed by atoms with Gasteiger partial charge in [0.2, 0.25) is 0 Å². The van der Waals surface area contributed by atoms with Crippen LogP contribution in [0, 0.1) is 17.8 Å². The van der Waals surface area contributed by atoms with Crippen molar-refractivity contribution in [2.75, 3.05) is 6.54 Å². The molecule has 3 rings (SSSR count). The van der Waals surface area contributed by atoms with E-state index < -0.39 is 0 Å². The summed E-state index contributed by atoms with van der Waals surface area (Å²) in [5.74, 6) is 2.80. The topological polar surface area (TPSA) is 12.0 Å². The second-order valence-electron chi connectivity index (χ2n) is 6.85. The molecule has 3 heteroatoms. The number of hydrogen-bond acceptors (Lipinski definition) is 1. The maximum Gasteiger partial charge on any atom is 0.0595 e. The summed E-state index contributed by atoms with van der Waals surface area (Å²) in [4.78, 5) is 0. The zero-order valence-electron chi connectivity index (χ0n) is 12.7. The number of rotatable bonds is 6. The van der Waals surface area contributed by atoms with Gasteiger partial charge >= 0.3 is 0 Å². The van der Waals surface area contributed by atoms with Crippen molar-refractivity contribution in [3.05, 3.63) is 33.8 Å². The molecule has 0 saturated heterocycles. The van der Waals surface area contributed by atoms with Crippen molar-refractivity contribution in [1.82, 2.24) is 5.32 Å². The van der Waals surface area contributed by atoms with E-state index in [0.29, 0.717) is 16.1 Å². The van der Waals surface area contributed by atoms with Gasteiger partial charge in [-0.05, 0) is 74.1 Å². The molecule has 0 amide bonds. The summed E-state index contributed by atoms with van der Waals surface area (Å²) in [6, 6.07) is 6.69. The van der Waals surface area contributed by atoms with E-state index in [1.54, 1.807) is 0 Å². The van der Waals surface area contributed by atoms with Gasteiger partial charge in [-0.2, -0.15) is 0 Å². The monoisotopic (exact) mass is 325 g/mol. The summed E-state index contributed by atoms with van der Waals surface area (Å²) in [6.45, 7) is 3.35. The van der Waals surface area contributed by atoms with Crippen LogP contribution in [-0.4, -0.2) is 12.6 Å². The molecule has 4 unspecified atom stereocenters. The number of benzene rings is 1. The van der Waals surface area contributed by atoms with Crippen LogP contribution in [0.2, 0.25) is 10.0 Å². The largest absolute Gasteiger partial charge is 0.313 e. The Morgan fingerprint density at radius 2 is 2.05 bits per heavy atom. The van der Waals surface area contributed by atoms with Crippen LogP contribution in [0.1, 0.15) is 44.6 Å². The Hall–Kier alpha value is -0.240. The summed E-state index contributed by atoms with van der Waals surface area (Å²) in [6.07, 6.45) is 8.07. The Bertz CT molecular complexity index is 488. The van der Waals surface area contributed by atoms with Crippen molar-refractivity contribution in [2.24, 2.45) is 17.8 Å². The highest BCUT2D eigenvalue weighted by molar-refractivity contribution is 6.42. The molecule has 116 valence electrons. The van der Waals surface area contributed by atoms with Crippen molar-refractivity contribution in [3.63, 3.8) is 0 Å². The van der Waals surface area contributed by atoms with Crippen LogP contribution < -0.4 is 5.32 Å². The van der Waals surface area contributed by atoms with Crippen LogP contribution in [0.5, 0.6) is 0 Å². The van der Waals surface area contributed by atoms with Crippen LogP contribution in [-0.2, 0) is 6.42 Å². The van der Waals surface area contributed by atoms with E-state index in [-0.39, 0.29) is 0 Å². The quantitative estimate of drug-likeness (QED) is 0.744. The smallest absolute Gasteiger partial charge is 0.0595 e. The summed E-state index contributed by atoms with van der Waals surface area (Å²) in [5, 5.41) is 5.13. The van der Waals surface area contributed by atoms with E-state index in [1.165, 1.54) is 37.7 Å². The van der Waals surface area contributed by atoms with Crippen LogP contribution in [0.25, 0.3) is 0 Å². The first-order chi connectivity index (χ1) is 10.2. The maximum absolute atomic E-state index is 6.17. The second-order valence-corrected chi connectivity index (χ2v) is 7.67. The van der Waals surface area contributed by atoms with E-state index in [1.807, 2.05) is 12.1 Å². The van der Waals surface area contributed by atoms with Gasteiger partial charge in [-0.25, -0.2) is 0 Å². The van der Waals surface area contributed by atoms with E-state index in [4.69, 9.17) is 23.2 Å². The van der Waals surface area contributed by atoms with Crippen LogP contribution in [0.15, 0.2) is 18.2 Å². The summed E-state index contributed by atoms with van der Waals surface area (Å²) >= 11 is 12.2. The van der Waals surface area contributed by atoms with E-state index >= 15 is 0 Å². The second kappa shape index (κ2) is 6.89. The lowest BCUT2D eigenvalue weighted by molar-refractivity contribution is 0.247. The lowest BCUT2D eigenvalue weighted by Crippen LogP contribution is -2.40. The van der Waals surface area contributed by atoms with Gasteiger partial charge in [0.1, 0.15) is 0 Å². The van der Waals surface area contributed by atoms with E-state index in [9.17, 15) is 0 Å². The molecule has 1 nitrogen and oxygen atoms in total. The van der Waals surface area contributed by atoms with Gasteiger partial charge in [-0.15, -0.1) is 0 Å². The molecule has 1 N–H and O–H groups in total. The molecule has 1 aromatic rings. The Kier molecular flexibility index (Phi) is 5.14. The van der Waals surface area contributed by atoms with Gasteiger partial charge in [0.15, 0.2) is 0 Å². The van der Waals surface area contributed by atoms with Gasteiger partial charge in [0.25, 0.3) is 0 Å². The molecule has 1 aromatic carbocycles. The lowest BCUT2D eigenvalue weighted by atomic mass is 9.81. The van der Waals surface area contributed by atoms with Gasteiger partial charge < -0.3 is 5.32 Å². The molecule has 0 aliphatic heterocycles. The first-order valence-electron chi connectivity index (χ1n) is 8.34. The lowest BCUT2D eigenvalue weighted by Gasteiger charge is -2.31. The van der Waals surface area contributed by atoms with Crippen molar-refractivity contribution >= 4 is 23.2 Å². The van der Waals surface area contributed by atoms with Crippen molar-refractivity contribution < 1.29 is 0 Å². The third-order valence-electron chi connectivity index (χ3n) is 5.41. The van der Waals surface area contributed by atoms with E-state index in [2.05, 4.69) is 18.3 Å². The molecule has 2 fully saturated rings. The molecule has 2 bridgehead atoms. The van der Waals surface area contributed by atoms with Crippen LogP contribution in [0.4, 0.5) is 0 Å². The maximum atomic E-state index is 6.17. The number of nitrogens with one attached hydrogen (secondary N) is 1. The molecule has 0 heterocycles. The molecule has 2 aliphatic carbocycles. The summed E-state index contributed by atoms with van der Waals surface area (Å²) in [5.41, 5.74) is 1.31. The number of halogens is 2. The fourth-order valence-electron chi connectivity index (χ4n) is 4.41. The highest BCUT2D eigenvalue weighted by atomic mass is 35.5. The molecule has 2 saturated carbocycles.